The third-order valence-electron chi connectivity index (χ3n) is 1.77. The minimum Gasteiger partial charge on any atom is -0.456 e. The summed E-state index contributed by atoms with van der Waals surface area (Å²) in [4.78, 5) is 32.0. The molecule has 18 heavy (non-hydrogen) atoms. The number of hydrogen-bond acceptors (Lipinski definition) is 5. The minimum atomic E-state index is -1.13. The van der Waals surface area contributed by atoms with Crippen LogP contribution in [0.5, 0.6) is 0 Å². The zero-order valence-electron chi connectivity index (χ0n) is 11.7. The summed E-state index contributed by atoms with van der Waals surface area (Å²) in [5, 5.41) is -1.13. The lowest BCUT2D eigenvalue weighted by molar-refractivity contribution is -0.399. The van der Waals surface area contributed by atoms with E-state index >= 15 is 0 Å². The van der Waals surface area contributed by atoms with Gasteiger partial charge in [0, 0.05) is 6.42 Å². The Bertz CT molecular complexity index is 306. The number of ether oxygens (including phenoxy) is 1. The lowest BCUT2D eigenvalue weighted by Crippen LogP contribution is -2.35. The van der Waals surface area contributed by atoms with E-state index in [9.17, 15) is 9.59 Å². The van der Waals surface area contributed by atoms with Gasteiger partial charge in [-0.15, -0.1) is 0 Å². The second kappa shape index (κ2) is 6.50. The van der Waals surface area contributed by atoms with Crippen LogP contribution in [0.4, 0.5) is 0 Å². The van der Waals surface area contributed by atoms with Crippen molar-refractivity contribution < 1.29 is 24.1 Å². The number of halogens is 1. The van der Waals surface area contributed by atoms with Crippen molar-refractivity contribution in [1.82, 2.24) is 0 Å². The van der Waals surface area contributed by atoms with Crippen LogP contribution in [0.2, 0.25) is 0 Å². The van der Waals surface area contributed by atoms with Gasteiger partial charge in [0.1, 0.15) is 11.7 Å². The van der Waals surface area contributed by atoms with E-state index in [4.69, 9.17) is 26.1 Å². The maximum Gasteiger partial charge on any atom is 0.391 e. The molecule has 0 rings (SSSR count). The van der Waals surface area contributed by atoms with E-state index in [1.165, 1.54) is 0 Å². The maximum atomic E-state index is 11.0. The minimum absolute atomic E-state index is 0.374. The molecule has 0 spiro atoms. The van der Waals surface area contributed by atoms with Gasteiger partial charge in [0.15, 0.2) is 0 Å². The Morgan fingerprint density at radius 3 is 2.00 bits per heavy atom. The lowest BCUT2D eigenvalue weighted by atomic mass is 10.0. The number of esters is 1. The Labute approximate surface area is 113 Å². The van der Waals surface area contributed by atoms with Crippen LogP contribution in [0.1, 0.15) is 48.0 Å². The first-order valence-electron chi connectivity index (χ1n) is 5.70. The zero-order chi connectivity index (χ0) is 14.6. The van der Waals surface area contributed by atoms with Crippen molar-refractivity contribution in [3.05, 3.63) is 0 Å². The van der Waals surface area contributed by atoms with Crippen LogP contribution in [0.25, 0.3) is 0 Å². The molecule has 0 bridgehead atoms. The highest BCUT2D eigenvalue weighted by molar-refractivity contribution is 6.80. The Morgan fingerprint density at radius 1 is 1.11 bits per heavy atom. The topological polar surface area (TPSA) is 61.8 Å². The molecule has 0 radical (unpaired) electrons. The molecule has 1 atom stereocenters. The Morgan fingerprint density at radius 2 is 1.61 bits per heavy atom. The van der Waals surface area contributed by atoms with Gasteiger partial charge in [0.25, 0.3) is 0 Å². The number of hydrogen-bond donors (Lipinski definition) is 0. The van der Waals surface area contributed by atoms with Gasteiger partial charge in [-0.1, -0.05) is 0 Å². The third-order valence-corrected chi connectivity index (χ3v) is 1.92. The SMILES string of the molecule is CC(CC(C)(C)OOC(C)(C)C)OC(=O)C(=O)Cl. The highest BCUT2D eigenvalue weighted by Gasteiger charge is 2.28. The summed E-state index contributed by atoms with van der Waals surface area (Å²) >= 11 is 5.00. The summed E-state index contributed by atoms with van der Waals surface area (Å²) in [7, 11) is 0. The van der Waals surface area contributed by atoms with E-state index in [1.807, 2.05) is 20.8 Å². The van der Waals surface area contributed by atoms with Crippen LogP contribution >= 0.6 is 11.6 Å². The second-order valence-electron chi connectivity index (χ2n) is 5.73. The average molecular weight is 281 g/mol. The van der Waals surface area contributed by atoms with E-state index in [-0.39, 0.29) is 0 Å². The van der Waals surface area contributed by atoms with Crippen LogP contribution < -0.4 is 0 Å². The molecule has 0 saturated heterocycles. The van der Waals surface area contributed by atoms with Gasteiger partial charge in [-0.2, -0.15) is 0 Å². The third kappa shape index (κ3) is 8.44. The molecule has 0 aromatic carbocycles. The van der Waals surface area contributed by atoms with Crippen LogP contribution in [0.15, 0.2) is 0 Å². The van der Waals surface area contributed by atoms with Crippen molar-refractivity contribution in [3.63, 3.8) is 0 Å². The molecule has 1 unspecified atom stereocenters. The first-order valence-corrected chi connectivity index (χ1v) is 6.08. The molecule has 0 N–H and O–H groups in total. The molecule has 0 aromatic rings. The molecule has 0 aromatic heterocycles. The molecule has 5 nitrogen and oxygen atoms in total. The Hall–Kier alpha value is -0.650. The molecule has 0 aliphatic heterocycles. The van der Waals surface area contributed by atoms with Gasteiger partial charge in [0.05, 0.1) is 5.60 Å². The van der Waals surface area contributed by atoms with E-state index in [0.29, 0.717) is 6.42 Å². The van der Waals surface area contributed by atoms with Crippen LogP contribution in [0, 0.1) is 0 Å². The molecule has 106 valence electrons. The van der Waals surface area contributed by atoms with Crippen molar-refractivity contribution in [1.29, 1.82) is 0 Å². The van der Waals surface area contributed by atoms with Gasteiger partial charge in [-0.3, -0.25) is 4.79 Å². The van der Waals surface area contributed by atoms with Gasteiger partial charge in [-0.25, -0.2) is 14.6 Å². The first-order chi connectivity index (χ1) is 7.93. The fraction of sp³-hybridized carbons (Fsp3) is 0.833. The summed E-state index contributed by atoms with van der Waals surface area (Å²) < 4.78 is 4.82. The monoisotopic (exact) mass is 280 g/mol. The van der Waals surface area contributed by atoms with E-state index in [1.54, 1.807) is 20.8 Å². The fourth-order valence-corrected chi connectivity index (χ4v) is 1.28. The lowest BCUT2D eigenvalue weighted by Gasteiger charge is -2.30. The molecular weight excluding hydrogens is 260 g/mol. The van der Waals surface area contributed by atoms with Crippen LogP contribution in [-0.4, -0.2) is 28.5 Å². The number of rotatable bonds is 6. The standard InChI is InChI=1S/C12H21ClO5/c1-8(16-10(15)9(13)14)7-12(5,6)18-17-11(2,3)4/h8H,7H2,1-6H3. The summed E-state index contributed by atoms with van der Waals surface area (Å²) in [6.07, 6.45) is -0.127. The molecule has 0 saturated carbocycles. The summed E-state index contributed by atoms with van der Waals surface area (Å²) in [6, 6.07) is 0. The number of carbonyl (C=O) groups is 2. The first kappa shape index (κ1) is 17.4. The molecular formula is C12H21ClO5. The molecule has 0 amide bonds. The van der Waals surface area contributed by atoms with E-state index in [0.717, 1.165) is 0 Å². The maximum absolute atomic E-state index is 11.0. The predicted molar refractivity (Wildman–Crippen MR) is 67.0 cm³/mol. The Balaban J connectivity index is 4.23. The molecule has 0 aliphatic rings. The van der Waals surface area contributed by atoms with Crippen molar-refractivity contribution >= 4 is 22.8 Å². The highest BCUT2D eigenvalue weighted by Crippen LogP contribution is 2.22. The van der Waals surface area contributed by atoms with Crippen molar-refractivity contribution in [2.45, 2.75) is 65.3 Å². The average Bonchev–Trinajstić information content (AvgIpc) is 2.12. The molecule has 0 aliphatic carbocycles. The van der Waals surface area contributed by atoms with Gasteiger partial charge in [-0.05, 0) is 53.1 Å². The molecule has 6 heteroatoms. The summed E-state index contributed by atoms with van der Waals surface area (Å²) in [5.41, 5.74) is -1.08. The Kier molecular flexibility index (Phi) is 6.26. The van der Waals surface area contributed by atoms with Gasteiger partial charge >= 0.3 is 11.2 Å². The fourth-order valence-electron chi connectivity index (χ4n) is 1.23. The van der Waals surface area contributed by atoms with Crippen molar-refractivity contribution in [2.75, 3.05) is 0 Å². The summed E-state index contributed by atoms with van der Waals surface area (Å²) in [5.74, 6) is -1.06. The molecule has 0 fully saturated rings. The smallest absolute Gasteiger partial charge is 0.391 e. The number of carbonyl (C=O) groups excluding carboxylic acids is 2. The summed E-state index contributed by atoms with van der Waals surface area (Å²) in [6.45, 7) is 10.8. The normalized spacial score (nSPS) is 14.2. The van der Waals surface area contributed by atoms with Crippen LogP contribution in [0.3, 0.4) is 0 Å². The van der Waals surface area contributed by atoms with Crippen molar-refractivity contribution in [3.8, 4) is 0 Å². The zero-order valence-corrected chi connectivity index (χ0v) is 12.5. The second-order valence-corrected chi connectivity index (χ2v) is 6.08. The highest BCUT2D eigenvalue weighted by atomic mass is 35.5. The molecule has 0 heterocycles. The predicted octanol–water partition coefficient (Wildman–Crippen LogP) is 2.60. The van der Waals surface area contributed by atoms with E-state index in [2.05, 4.69) is 0 Å². The van der Waals surface area contributed by atoms with Crippen molar-refractivity contribution in [2.24, 2.45) is 0 Å². The van der Waals surface area contributed by atoms with Gasteiger partial charge < -0.3 is 4.74 Å². The quantitative estimate of drug-likeness (QED) is 0.246. The van der Waals surface area contributed by atoms with Crippen LogP contribution in [-0.2, 0) is 24.1 Å². The van der Waals surface area contributed by atoms with E-state index < -0.39 is 28.5 Å². The largest absolute Gasteiger partial charge is 0.456 e. The van der Waals surface area contributed by atoms with Gasteiger partial charge in [0.2, 0.25) is 0 Å².